The zero-order valence-corrected chi connectivity index (χ0v) is 14.6. The van der Waals surface area contributed by atoms with Crippen LogP contribution in [0.3, 0.4) is 0 Å². The van der Waals surface area contributed by atoms with E-state index in [0.29, 0.717) is 17.6 Å². The number of amides is 2. The summed E-state index contributed by atoms with van der Waals surface area (Å²) in [6.45, 7) is 0. The standard InChI is InChI=1S/C22H20N2O2/c1-24(20-13-6-3-7-14-20)22(26)18-10-8-9-17(15-16-18)21(25)23-19-11-4-2-5-12-19/h2-7,9-16H,8H2,1H3,(H,23,25). The van der Waals surface area contributed by atoms with Gasteiger partial charge in [0, 0.05) is 29.6 Å². The number of para-hydroxylation sites is 2. The van der Waals surface area contributed by atoms with Gasteiger partial charge in [0.25, 0.3) is 11.8 Å². The molecule has 3 rings (SSSR count). The van der Waals surface area contributed by atoms with Gasteiger partial charge in [-0.3, -0.25) is 9.59 Å². The highest BCUT2D eigenvalue weighted by Gasteiger charge is 2.16. The van der Waals surface area contributed by atoms with Crippen LogP contribution in [0.15, 0.2) is 96.1 Å². The van der Waals surface area contributed by atoms with E-state index < -0.39 is 0 Å². The Bertz CT molecular complexity index is 881. The number of hydrogen-bond acceptors (Lipinski definition) is 2. The molecule has 26 heavy (non-hydrogen) atoms. The first-order valence-corrected chi connectivity index (χ1v) is 8.43. The van der Waals surface area contributed by atoms with Crippen LogP contribution in [0.2, 0.25) is 0 Å². The highest BCUT2D eigenvalue weighted by Crippen LogP contribution is 2.18. The van der Waals surface area contributed by atoms with Gasteiger partial charge in [-0.1, -0.05) is 48.6 Å². The molecule has 2 amide bonds. The molecule has 0 spiro atoms. The summed E-state index contributed by atoms with van der Waals surface area (Å²) in [5.41, 5.74) is 2.67. The lowest BCUT2D eigenvalue weighted by Crippen LogP contribution is -2.27. The predicted octanol–water partition coefficient (Wildman–Crippen LogP) is 4.10. The molecule has 0 heterocycles. The van der Waals surface area contributed by atoms with Crippen LogP contribution in [0.5, 0.6) is 0 Å². The maximum Gasteiger partial charge on any atom is 0.257 e. The fraction of sp³-hybridized carbons (Fsp3) is 0.0909. The number of rotatable bonds is 4. The number of anilines is 2. The van der Waals surface area contributed by atoms with Gasteiger partial charge in [-0.15, -0.1) is 0 Å². The van der Waals surface area contributed by atoms with Crippen molar-refractivity contribution in [2.24, 2.45) is 0 Å². The molecule has 0 saturated heterocycles. The molecule has 0 saturated carbocycles. The zero-order chi connectivity index (χ0) is 18.4. The fourth-order valence-corrected chi connectivity index (χ4v) is 2.64. The molecule has 4 nitrogen and oxygen atoms in total. The van der Waals surface area contributed by atoms with Crippen molar-refractivity contribution in [3.05, 3.63) is 96.1 Å². The maximum atomic E-state index is 12.7. The highest BCUT2D eigenvalue weighted by atomic mass is 16.2. The molecule has 2 aromatic carbocycles. The van der Waals surface area contributed by atoms with Crippen LogP contribution >= 0.6 is 0 Å². The molecule has 0 atom stereocenters. The molecule has 130 valence electrons. The number of allylic oxidation sites excluding steroid dienone is 2. The molecular weight excluding hydrogens is 324 g/mol. The van der Waals surface area contributed by atoms with E-state index in [1.807, 2.05) is 72.8 Å². The van der Waals surface area contributed by atoms with Crippen LogP contribution in [0.1, 0.15) is 6.42 Å². The summed E-state index contributed by atoms with van der Waals surface area (Å²) in [7, 11) is 1.74. The Balaban J connectivity index is 1.68. The van der Waals surface area contributed by atoms with Crippen molar-refractivity contribution in [3.8, 4) is 0 Å². The van der Waals surface area contributed by atoms with Gasteiger partial charge in [0.15, 0.2) is 0 Å². The van der Waals surface area contributed by atoms with Gasteiger partial charge < -0.3 is 10.2 Å². The summed E-state index contributed by atoms with van der Waals surface area (Å²) in [5, 5.41) is 2.86. The van der Waals surface area contributed by atoms with E-state index >= 15 is 0 Å². The largest absolute Gasteiger partial charge is 0.322 e. The Morgan fingerprint density at radius 1 is 0.846 bits per heavy atom. The third-order valence-corrected chi connectivity index (χ3v) is 4.11. The lowest BCUT2D eigenvalue weighted by Gasteiger charge is -2.17. The Morgan fingerprint density at radius 3 is 2.12 bits per heavy atom. The summed E-state index contributed by atoms with van der Waals surface area (Å²) in [4.78, 5) is 26.7. The minimum absolute atomic E-state index is 0.106. The topological polar surface area (TPSA) is 49.4 Å². The SMILES string of the molecule is CN(C(=O)C1=CCC=C(C(=O)Nc2ccccc2)C=C1)c1ccccc1. The number of benzene rings is 2. The third kappa shape index (κ3) is 4.16. The van der Waals surface area contributed by atoms with E-state index in [0.717, 1.165) is 11.4 Å². The molecule has 2 aromatic rings. The molecule has 0 bridgehead atoms. The number of carbonyl (C=O) groups is 2. The van der Waals surface area contributed by atoms with Gasteiger partial charge in [0.1, 0.15) is 0 Å². The molecule has 1 N–H and O–H groups in total. The molecule has 0 unspecified atom stereocenters. The minimum Gasteiger partial charge on any atom is -0.322 e. The summed E-state index contributed by atoms with van der Waals surface area (Å²) in [6, 6.07) is 18.8. The van der Waals surface area contributed by atoms with Crippen LogP contribution in [-0.2, 0) is 9.59 Å². The number of hydrogen-bond donors (Lipinski definition) is 1. The van der Waals surface area contributed by atoms with Gasteiger partial charge in [-0.25, -0.2) is 0 Å². The lowest BCUT2D eigenvalue weighted by molar-refractivity contribution is -0.114. The first-order chi connectivity index (χ1) is 12.6. The Hall–Kier alpha value is -3.40. The van der Waals surface area contributed by atoms with E-state index in [9.17, 15) is 9.59 Å². The van der Waals surface area contributed by atoms with Crippen molar-refractivity contribution in [1.29, 1.82) is 0 Å². The second-order valence-electron chi connectivity index (χ2n) is 5.91. The fourth-order valence-electron chi connectivity index (χ4n) is 2.64. The Morgan fingerprint density at radius 2 is 1.42 bits per heavy atom. The van der Waals surface area contributed by atoms with E-state index in [1.54, 1.807) is 24.1 Å². The average molecular weight is 344 g/mol. The highest BCUT2D eigenvalue weighted by molar-refractivity contribution is 6.09. The first kappa shape index (κ1) is 17.4. The molecular formula is C22H20N2O2. The molecule has 0 aromatic heterocycles. The molecule has 0 radical (unpaired) electrons. The Labute approximate surface area is 153 Å². The molecule has 0 fully saturated rings. The van der Waals surface area contributed by atoms with Gasteiger partial charge in [0.05, 0.1) is 0 Å². The van der Waals surface area contributed by atoms with Crippen LogP contribution < -0.4 is 10.2 Å². The second kappa shape index (κ2) is 8.12. The Kier molecular flexibility index (Phi) is 5.44. The van der Waals surface area contributed by atoms with Gasteiger partial charge in [-0.2, -0.15) is 0 Å². The van der Waals surface area contributed by atoms with Crippen LogP contribution in [0.4, 0.5) is 11.4 Å². The molecule has 1 aliphatic rings. The van der Waals surface area contributed by atoms with Crippen LogP contribution in [-0.4, -0.2) is 18.9 Å². The van der Waals surface area contributed by atoms with Gasteiger partial charge in [0.2, 0.25) is 0 Å². The van der Waals surface area contributed by atoms with E-state index in [-0.39, 0.29) is 11.8 Å². The second-order valence-corrected chi connectivity index (χ2v) is 5.91. The third-order valence-electron chi connectivity index (χ3n) is 4.11. The minimum atomic E-state index is -0.189. The lowest BCUT2D eigenvalue weighted by atomic mass is 10.1. The zero-order valence-electron chi connectivity index (χ0n) is 14.6. The molecule has 1 aliphatic carbocycles. The average Bonchev–Trinajstić information content (AvgIpc) is 2.94. The summed E-state index contributed by atoms with van der Waals surface area (Å²) < 4.78 is 0. The van der Waals surface area contributed by atoms with Crippen LogP contribution in [0, 0.1) is 0 Å². The van der Waals surface area contributed by atoms with Crippen molar-refractivity contribution in [1.82, 2.24) is 0 Å². The number of nitrogens with zero attached hydrogens (tertiary/aromatic N) is 1. The van der Waals surface area contributed by atoms with Crippen molar-refractivity contribution in [3.63, 3.8) is 0 Å². The van der Waals surface area contributed by atoms with Crippen molar-refractivity contribution < 1.29 is 9.59 Å². The smallest absolute Gasteiger partial charge is 0.257 e. The van der Waals surface area contributed by atoms with E-state index in [1.165, 1.54) is 0 Å². The van der Waals surface area contributed by atoms with Crippen molar-refractivity contribution in [2.45, 2.75) is 6.42 Å². The first-order valence-electron chi connectivity index (χ1n) is 8.43. The number of likely N-dealkylation sites (N-methyl/N-ethyl adjacent to an activating group) is 1. The normalized spacial score (nSPS) is 13.3. The predicted molar refractivity (Wildman–Crippen MR) is 105 cm³/mol. The monoisotopic (exact) mass is 344 g/mol. The van der Waals surface area contributed by atoms with Gasteiger partial charge in [-0.05, 0) is 42.8 Å². The molecule has 0 aliphatic heterocycles. The van der Waals surface area contributed by atoms with Crippen molar-refractivity contribution >= 4 is 23.2 Å². The summed E-state index contributed by atoms with van der Waals surface area (Å²) in [5.74, 6) is -0.295. The summed E-state index contributed by atoms with van der Waals surface area (Å²) >= 11 is 0. The van der Waals surface area contributed by atoms with E-state index in [2.05, 4.69) is 5.32 Å². The van der Waals surface area contributed by atoms with Crippen LogP contribution in [0.25, 0.3) is 0 Å². The summed E-state index contributed by atoms with van der Waals surface area (Å²) in [6.07, 6.45) is 7.56. The quantitative estimate of drug-likeness (QED) is 0.908. The molecule has 4 heteroatoms. The van der Waals surface area contributed by atoms with E-state index in [4.69, 9.17) is 0 Å². The number of nitrogens with one attached hydrogen (secondary N) is 1. The van der Waals surface area contributed by atoms with Gasteiger partial charge >= 0.3 is 0 Å². The number of carbonyl (C=O) groups excluding carboxylic acids is 2. The van der Waals surface area contributed by atoms with Crippen molar-refractivity contribution in [2.75, 3.05) is 17.3 Å². The maximum absolute atomic E-state index is 12.7.